The Bertz CT molecular complexity index is 1450. The number of benzene rings is 2. The van der Waals surface area contributed by atoms with Crippen LogP contribution in [0.1, 0.15) is 22.5 Å². The zero-order valence-electron chi connectivity index (χ0n) is 18.8. The van der Waals surface area contributed by atoms with Gasteiger partial charge in [-0.2, -0.15) is 5.10 Å². The van der Waals surface area contributed by atoms with Crippen molar-refractivity contribution in [3.8, 4) is 11.5 Å². The largest absolute Gasteiger partial charge is 0.497 e. The molecular formula is C28H24N4O2. The van der Waals surface area contributed by atoms with E-state index in [0.29, 0.717) is 12.4 Å². The van der Waals surface area contributed by atoms with E-state index in [-0.39, 0.29) is 0 Å². The molecule has 0 radical (unpaired) electrons. The van der Waals surface area contributed by atoms with Gasteiger partial charge in [-0.25, -0.2) is 4.68 Å². The van der Waals surface area contributed by atoms with Crippen molar-refractivity contribution in [1.29, 1.82) is 0 Å². The quantitative estimate of drug-likeness (QED) is 0.309. The summed E-state index contributed by atoms with van der Waals surface area (Å²) in [5.41, 5.74) is 4.89. The van der Waals surface area contributed by atoms with Crippen molar-refractivity contribution in [2.45, 2.75) is 6.61 Å². The summed E-state index contributed by atoms with van der Waals surface area (Å²) < 4.78 is 13.2. The van der Waals surface area contributed by atoms with Crippen LogP contribution in [0.3, 0.4) is 0 Å². The molecule has 0 aliphatic rings. The number of hydrogen-bond donors (Lipinski definition) is 1. The Hall–Kier alpha value is -4.58. The molecule has 0 amide bonds. The highest BCUT2D eigenvalue weighted by Crippen LogP contribution is 2.27. The average molecular weight is 449 g/mol. The average Bonchev–Trinajstić information content (AvgIpc) is 3.55. The lowest BCUT2D eigenvalue weighted by Crippen LogP contribution is -1.99. The summed E-state index contributed by atoms with van der Waals surface area (Å²) in [6, 6.07) is 21.9. The number of aromatic amines is 1. The first-order valence-electron chi connectivity index (χ1n) is 11.0. The molecule has 3 heterocycles. The third-order valence-corrected chi connectivity index (χ3v) is 5.38. The molecule has 2 aromatic carbocycles. The highest BCUT2D eigenvalue weighted by atomic mass is 16.5. The second-order valence-electron chi connectivity index (χ2n) is 7.71. The van der Waals surface area contributed by atoms with Crippen LogP contribution in [0.2, 0.25) is 0 Å². The summed E-state index contributed by atoms with van der Waals surface area (Å²) in [4.78, 5) is 7.56. The first-order chi connectivity index (χ1) is 16.8. The van der Waals surface area contributed by atoms with Crippen LogP contribution < -0.4 is 9.47 Å². The summed E-state index contributed by atoms with van der Waals surface area (Å²) in [6.07, 6.45) is 13.6. The molecule has 6 heteroatoms. The van der Waals surface area contributed by atoms with Crippen molar-refractivity contribution >= 4 is 35.3 Å². The Labute approximate surface area is 197 Å². The molecule has 0 aliphatic heterocycles. The van der Waals surface area contributed by atoms with Crippen molar-refractivity contribution in [1.82, 2.24) is 19.7 Å². The normalized spacial score (nSPS) is 11.6. The van der Waals surface area contributed by atoms with Crippen LogP contribution in [0.25, 0.3) is 35.3 Å². The highest BCUT2D eigenvalue weighted by molar-refractivity contribution is 5.83. The van der Waals surface area contributed by atoms with Crippen LogP contribution in [0, 0.1) is 0 Å². The van der Waals surface area contributed by atoms with Gasteiger partial charge in [-0.1, -0.05) is 24.3 Å². The maximum atomic E-state index is 6.03. The maximum Gasteiger partial charge on any atom is 0.130 e. The van der Waals surface area contributed by atoms with E-state index in [1.807, 2.05) is 73.2 Å². The Morgan fingerprint density at radius 1 is 0.971 bits per heavy atom. The second-order valence-corrected chi connectivity index (χ2v) is 7.71. The molecule has 6 nitrogen and oxygen atoms in total. The monoisotopic (exact) mass is 448 g/mol. The molecular weight excluding hydrogens is 424 g/mol. The lowest BCUT2D eigenvalue weighted by atomic mass is 10.1. The van der Waals surface area contributed by atoms with Gasteiger partial charge >= 0.3 is 0 Å². The van der Waals surface area contributed by atoms with Gasteiger partial charge < -0.3 is 14.5 Å². The van der Waals surface area contributed by atoms with Crippen LogP contribution >= 0.6 is 0 Å². The zero-order chi connectivity index (χ0) is 23.2. The van der Waals surface area contributed by atoms with E-state index in [9.17, 15) is 0 Å². The van der Waals surface area contributed by atoms with Gasteiger partial charge in [0.2, 0.25) is 0 Å². The number of nitrogens with one attached hydrogen (secondary N) is 1. The second kappa shape index (κ2) is 9.92. The summed E-state index contributed by atoms with van der Waals surface area (Å²) >= 11 is 0. The molecule has 34 heavy (non-hydrogen) atoms. The van der Waals surface area contributed by atoms with Crippen molar-refractivity contribution in [2.75, 3.05) is 7.11 Å². The Kier molecular flexibility index (Phi) is 6.21. The predicted molar refractivity (Wildman–Crippen MR) is 136 cm³/mol. The van der Waals surface area contributed by atoms with E-state index < -0.39 is 0 Å². The van der Waals surface area contributed by atoms with E-state index in [2.05, 4.69) is 45.4 Å². The Morgan fingerprint density at radius 2 is 1.94 bits per heavy atom. The molecule has 0 unspecified atom stereocenters. The molecule has 0 atom stereocenters. The van der Waals surface area contributed by atoms with E-state index in [1.165, 1.54) is 5.39 Å². The number of fused-ring (bicyclic) bond motifs is 1. The van der Waals surface area contributed by atoms with Crippen LogP contribution in [-0.4, -0.2) is 26.9 Å². The standard InChI is InChI=1S/C28H24N4O2/c1-33-26-10-8-23(28(19-26)34-20-25-4-2-3-14-29-25)12-16-32-17-13-24(31-32)9-6-21-5-7-22-11-15-30-27(22)18-21/h2-19,30H,20H2,1H3/b9-6+,16-12+. The number of hydrogen-bond acceptors (Lipinski definition) is 4. The first kappa shape index (κ1) is 21.3. The van der Waals surface area contributed by atoms with E-state index in [4.69, 9.17) is 9.47 Å². The van der Waals surface area contributed by atoms with Gasteiger partial charge in [-0.3, -0.25) is 4.98 Å². The molecule has 0 fully saturated rings. The van der Waals surface area contributed by atoms with Crippen molar-refractivity contribution in [3.05, 3.63) is 108 Å². The lowest BCUT2D eigenvalue weighted by Gasteiger charge is -2.11. The lowest BCUT2D eigenvalue weighted by molar-refractivity contribution is 0.298. The van der Waals surface area contributed by atoms with Crippen LogP contribution in [0.5, 0.6) is 11.5 Å². The van der Waals surface area contributed by atoms with Crippen molar-refractivity contribution in [3.63, 3.8) is 0 Å². The van der Waals surface area contributed by atoms with Gasteiger partial charge in [-0.15, -0.1) is 0 Å². The molecule has 1 N–H and O–H groups in total. The molecule has 0 aliphatic carbocycles. The summed E-state index contributed by atoms with van der Waals surface area (Å²) in [7, 11) is 1.64. The Balaban J connectivity index is 1.30. The number of methoxy groups -OCH3 is 1. The fourth-order valence-corrected chi connectivity index (χ4v) is 3.57. The van der Waals surface area contributed by atoms with E-state index >= 15 is 0 Å². The summed E-state index contributed by atoms with van der Waals surface area (Å²) in [5.74, 6) is 1.45. The van der Waals surface area contributed by atoms with E-state index in [0.717, 1.165) is 33.8 Å². The van der Waals surface area contributed by atoms with Gasteiger partial charge in [0, 0.05) is 41.9 Å². The molecule has 0 bridgehead atoms. The minimum absolute atomic E-state index is 0.375. The maximum absolute atomic E-state index is 6.03. The molecule has 0 saturated carbocycles. The van der Waals surface area contributed by atoms with Gasteiger partial charge in [0.05, 0.1) is 18.5 Å². The molecule has 5 rings (SSSR count). The Morgan fingerprint density at radius 3 is 2.82 bits per heavy atom. The predicted octanol–water partition coefficient (Wildman–Crippen LogP) is 6.15. The molecule has 0 saturated heterocycles. The smallest absolute Gasteiger partial charge is 0.130 e. The third-order valence-electron chi connectivity index (χ3n) is 5.38. The minimum Gasteiger partial charge on any atom is -0.497 e. The van der Waals surface area contributed by atoms with Gasteiger partial charge in [-0.05, 0) is 65.6 Å². The van der Waals surface area contributed by atoms with E-state index in [1.54, 1.807) is 18.0 Å². The number of ether oxygens (including phenoxy) is 2. The van der Waals surface area contributed by atoms with Crippen LogP contribution in [0.4, 0.5) is 0 Å². The molecule has 3 aromatic heterocycles. The number of aromatic nitrogens is 4. The van der Waals surface area contributed by atoms with Crippen LogP contribution in [0.15, 0.2) is 85.3 Å². The number of nitrogens with zero attached hydrogens (tertiary/aromatic N) is 3. The topological polar surface area (TPSA) is 65.0 Å². The van der Waals surface area contributed by atoms with Gasteiger partial charge in [0.15, 0.2) is 0 Å². The summed E-state index contributed by atoms with van der Waals surface area (Å²) in [6.45, 7) is 0.375. The van der Waals surface area contributed by atoms with Crippen LogP contribution in [-0.2, 0) is 6.61 Å². The SMILES string of the molecule is COc1ccc(/C=C/n2ccc(/C=C/c3ccc4cc[nH]c4c3)n2)c(OCc2ccccn2)c1. The fourth-order valence-electron chi connectivity index (χ4n) is 3.57. The fraction of sp³-hybridized carbons (Fsp3) is 0.0714. The molecule has 5 aromatic rings. The van der Waals surface area contributed by atoms with Gasteiger partial charge in [0.25, 0.3) is 0 Å². The highest BCUT2D eigenvalue weighted by Gasteiger charge is 2.05. The van der Waals surface area contributed by atoms with Crippen molar-refractivity contribution < 1.29 is 9.47 Å². The molecule has 0 spiro atoms. The number of pyridine rings is 1. The molecule has 168 valence electrons. The number of rotatable bonds is 8. The first-order valence-corrected chi connectivity index (χ1v) is 11.0. The van der Waals surface area contributed by atoms with Crippen molar-refractivity contribution in [2.24, 2.45) is 0 Å². The summed E-state index contributed by atoms with van der Waals surface area (Å²) in [5, 5.41) is 5.81. The minimum atomic E-state index is 0.375. The third kappa shape index (κ3) is 5.07. The zero-order valence-corrected chi connectivity index (χ0v) is 18.8. The number of H-pyrrole nitrogens is 1. The van der Waals surface area contributed by atoms with Gasteiger partial charge in [0.1, 0.15) is 18.1 Å².